The Morgan fingerprint density at radius 1 is 1.25 bits per heavy atom. The first-order valence-corrected chi connectivity index (χ1v) is 11.0. The van der Waals surface area contributed by atoms with Crippen LogP contribution in [-0.2, 0) is 22.6 Å². The van der Waals surface area contributed by atoms with Crippen molar-refractivity contribution in [2.75, 3.05) is 6.54 Å². The van der Waals surface area contributed by atoms with E-state index in [1.807, 2.05) is 37.4 Å². The number of imide groups is 1. The van der Waals surface area contributed by atoms with E-state index < -0.39 is 12.1 Å². The Morgan fingerprint density at radius 2 is 2.06 bits per heavy atom. The maximum absolute atomic E-state index is 13.2. The number of benzene rings is 1. The van der Waals surface area contributed by atoms with Crippen molar-refractivity contribution in [3.63, 3.8) is 0 Å². The zero-order chi connectivity index (χ0) is 22.2. The first-order valence-electron chi connectivity index (χ1n) is 11.0. The number of nitrogens with zero attached hydrogens (tertiary/aromatic N) is 3. The highest BCUT2D eigenvalue weighted by Crippen LogP contribution is 2.35. The SMILES string of the molecule is CC(C1CC1)N(Cc1ncc[nH]1)C(=O)CN1C(=O)NC(Cc2c[nH]c3ccccc23)C1=O. The predicted octanol–water partition coefficient (Wildman–Crippen LogP) is 2.18. The molecule has 2 atom stereocenters. The summed E-state index contributed by atoms with van der Waals surface area (Å²) in [5, 5.41) is 3.77. The van der Waals surface area contributed by atoms with Gasteiger partial charge < -0.3 is 20.2 Å². The van der Waals surface area contributed by atoms with Crippen LogP contribution >= 0.6 is 0 Å². The first kappa shape index (κ1) is 20.3. The molecule has 0 spiro atoms. The molecule has 2 unspecified atom stereocenters. The number of imidazole rings is 1. The van der Waals surface area contributed by atoms with E-state index in [1.54, 1.807) is 17.3 Å². The molecule has 3 aromatic rings. The molecular weight excluding hydrogens is 408 g/mol. The standard InChI is InChI=1S/C23H26N6O3/c1-14(15-6-7-15)28(12-20-24-8-9-25-20)21(30)13-29-22(31)19(27-23(29)32)10-16-11-26-18-5-3-2-4-17(16)18/h2-5,8-9,11,14-15,19,26H,6-7,10,12-13H2,1H3,(H,24,25)(H,27,32). The molecule has 9 heteroatoms. The highest BCUT2D eigenvalue weighted by atomic mass is 16.2. The maximum Gasteiger partial charge on any atom is 0.325 e. The van der Waals surface area contributed by atoms with Crippen molar-refractivity contribution in [1.29, 1.82) is 0 Å². The number of nitrogens with one attached hydrogen (secondary N) is 3. The van der Waals surface area contributed by atoms with Gasteiger partial charge in [-0.05, 0) is 37.3 Å². The molecule has 1 aromatic carbocycles. The van der Waals surface area contributed by atoms with E-state index in [0.29, 0.717) is 24.7 Å². The zero-order valence-electron chi connectivity index (χ0n) is 17.9. The summed E-state index contributed by atoms with van der Waals surface area (Å²) in [5.41, 5.74) is 1.93. The molecular formula is C23H26N6O3. The van der Waals surface area contributed by atoms with E-state index in [9.17, 15) is 14.4 Å². The summed E-state index contributed by atoms with van der Waals surface area (Å²) in [6.45, 7) is 2.07. The molecule has 1 saturated heterocycles. The second-order valence-corrected chi connectivity index (χ2v) is 8.63. The van der Waals surface area contributed by atoms with E-state index in [0.717, 1.165) is 34.2 Å². The zero-order valence-corrected chi connectivity index (χ0v) is 17.9. The molecule has 9 nitrogen and oxygen atoms in total. The summed E-state index contributed by atoms with van der Waals surface area (Å²) < 4.78 is 0. The minimum absolute atomic E-state index is 0.0235. The Morgan fingerprint density at radius 3 is 2.81 bits per heavy atom. The number of para-hydroxylation sites is 1. The number of urea groups is 1. The monoisotopic (exact) mass is 434 g/mol. The van der Waals surface area contributed by atoms with Gasteiger partial charge in [0.2, 0.25) is 5.91 Å². The van der Waals surface area contributed by atoms with Crippen molar-refractivity contribution in [1.82, 2.24) is 30.1 Å². The molecule has 1 aliphatic heterocycles. The Bertz CT molecular complexity index is 1150. The van der Waals surface area contributed by atoms with Crippen LogP contribution in [-0.4, -0.2) is 61.2 Å². The number of amides is 4. The van der Waals surface area contributed by atoms with Crippen molar-refractivity contribution in [3.8, 4) is 0 Å². The molecule has 0 bridgehead atoms. The second kappa shape index (κ2) is 8.14. The molecule has 2 fully saturated rings. The number of aromatic nitrogens is 3. The van der Waals surface area contributed by atoms with Crippen LogP contribution in [0.25, 0.3) is 10.9 Å². The molecule has 2 aliphatic rings. The molecule has 1 aliphatic carbocycles. The third-order valence-electron chi connectivity index (χ3n) is 6.49. The van der Waals surface area contributed by atoms with E-state index in [1.165, 1.54) is 0 Å². The van der Waals surface area contributed by atoms with Gasteiger partial charge in [0, 0.05) is 42.0 Å². The Hall–Kier alpha value is -3.62. The van der Waals surface area contributed by atoms with Gasteiger partial charge in [0.1, 0.15) is 18.4 Å². The number of rotatable bonds is 8. The predicted molar refractivity (Wildman–Crippen MR) is 117 cm³/mol. The minimum Gasteiger partial charge on any atom is -0.361 e. The number of aromatic amines is 2. The summed E-state index contributed by atoms with van der Waals surface area (Å²) in [5.74, 6) is 0.509. The number of fused-ring (bicyclic) bond motifs is 1. The molecule has 5 rings (SSSR count). The lowest BCUT2D eigenvalue weighted by molar-refractivity contribution is -0.139. The van der Waals surface area contributed by atoms with Crippen LogP contribution in [0.5, 0.6) is 0 Å². The van der Waals surface area contributed by atoms with Crippen molar-refractivity contribution >= 4 is 28.7 Å². The second-order valence-electron chi connectivity index (χ2n) is 8.63. The number of carbonyl (C=O) groups is 3. The lowest BCUT2D eigenvalue weighted by Crippen LogP contribution is -2.47. The Balaban J connectivity index is 1.29. The third-order valence-corrected chi connectivity index (χ3v) is 6.49. The van der Waals surface area contributed by atoms with Crippen molar-refractivity contribution in [2.45, 2.75) is 44.8 Å². The van der Waals surface area contributed by atoms with Crippen LogP contribution in [0.2, 0.25) is 0 Å². The van der Waals surface area contributed by atoms with Crippen LogP contribution in [0, 0.1) is 5.92 Å². The van der Waals surface area contributed by atoms with Gasteiger partial charge in [0.05, 0.1) is 6.54 Å². The van der Waals surface area contributed by atoms with Gasteiger partial charge in [0.15, 0.2) is 0 Å². The average Bonchev–Trinajstić information content (AvgIpc) is 3.27. The van der Waals surface area contributed by atoms with Crippen molar-refractivity contribution in [2.24, 2.45) is 5.92 Å². The average molecular weight is 435 g/mol. The Labute approximate surface area is 185 Å². The lowest BCUT2D eigenvalue weighted by Gasteiger charge is -2.30. The lowest BCUT2D eigenvalue weighted by atomic mass is 10.1. The highest BCUT2D eigenvalue weighted by molar-refractivity contribution is 6.06. The van der Waals surface area contributed by atoms with Crippen LogP contribution in [0.1, 0.15) is 31.2 Å². The van der Waals surface area contributed by atoms with Crippen LogP contribution in [0.15, 0.2) is 42.9 Å². The fourth-order valence-electron chi connectivity index (χ4n) is 4.45. The summed E-state index contributed by atoms with van der Waals surface area (Å²) in [6.07, 6.45) is 7.76. The summed E-state index contributed by atoms with van der Waals surface area (Å²) in [4.78, 5) is 52.0. The van der Waals surface area contributed by atoms with Crippen molar-refractivity contribution < 1.29 is 14.4 Å². The first-order chi connectivity index (χ1) is 15.5. The molecule has 32 heavy (non-hydrogen) atoms. The summed E-state index contributed by atoms with van der Waals surface area (Å²) in [6, 6.07) is 6.64. The number of hydrogen-bond acceptors (Lipinski definition) is 4. The maximum atomic E-state index is 13.2. The van der Waals surface area contributed by atoms with Gasteiger partial charge in [-0.25, -0.2) is 9.78 Å². The fourth-order valence-corrected chi connectivity index (χ4v) is 4.45. The summed E-state index contributed by atoms with van der Waals surface area (Å²) in [7, 11) is 0. The smallest absolute Gasteiger partial charge is 0.325 e. The van der Waals surface area contributed by atoms with Gasteiger partial charge in [-0.1, -0.05) is 18.2 Å². The molecule has 4 amide bonds. The van der Waals surface area contributed by atoms with Gasteiger partial charge in [-0.15, -0.1) is 0 Å². The molecule has 0 radical (unpaired) electrons. The molecule has 2 aromatic heterocycles. The van der Waals surface area contributed by atoms with Crippen LogP contribution < -0.4 is 5.32 Å². The van der Waals surface area contributed by atoms with Gasteiger partial charge >= 0.3 is 6.03 Å². The molecule has 1 saturated carbocycles. The Kier molecular flexibility index (Phi) is 5.16. The van der Waals surface area contributed by atoms with Gasteiger partial charge in [0.25, 0.3) is 5.91 Å². The van der Waals surface area contributed by atoms with Crippen LogP contribution in [0.3, 0.4) is 0 Å². The fraction of sp³-hybridized carbons (Fsp3) is 0.391. The van der Waals surface area contributed by atoms with Crippen molar-refractivity contribution in [3.05, 3.63) is 54.2 Å². The van der Waals surface area contributed by atoms with Crippen LogP contribution in [0.4, 0.5) is 4.79 Å². The van der Waals surface area contributed by atoms with Gasteiger partial charge in [-0.2, -0.15) is 0 Å². The largest absolute Gasteiger partial charge is 0.361 e. The number of H-pyrrole nitrogens is 2. The quantitative estimate of drug-likeness (QED) is 0.472. The molecule has 166 valence electrons. The highest BCUT2D eigenvalue weighted by Gasteiger charge is 2.41. The topological polar surface area (TPSA) is 114 Å². The van der Waals surface area contributed by atoms with E-state index >= 15 is 0 Å². The molecule has 3 N–H and O–H groups in total. The summed E-state index contributed by atoms with van der Waals surface area (Å²) >= 11 is 0. The molecule has 3 heterocycles. The normalized spacial score (nSPS) is 19.4. The van der Waals surface area contributed by atoms with Gasteiger partial charge in [-0.3, -0.25) is 14.5 Å². The van der Waals surface area contributed by atoms with E-state index in [2.05, 4.69) is 20.3 Å². The minimum atomic E-state index is -0.686. The third kappa shape index (κ3) is 3.86. The van der Waals surface area contributed by atoms with E-state index in [4.69, 9.17) is 0 Å². The number of carbonyl (C=O) groups excluding carboxylic acids is 3. The number of hydrogen-bond donors (Lipinski definition) is 3. The van der Waals surface area contributed by atoms with E-state index in [-0.39, 0.29) is 24.4 Å².